The highest BCUT2D eigenvalue weighted by molar-refractivity contribution is 6.15. The summed E-state index contributed by atoms with van der Waals surface area (Å²) in [6.45, 7) is 4.37. The molecular formula is C45H29N5O. The van der Waals surface area contributed by atoms with Gasteiger partial charge in [0.15, 0.2) is 0 Å². The molecule has 0 N–H and O–H groups in total. The average molecular weight is 656 g/mol. The second kappa shape index (κ2) is 10.4. The zero-order valence-electron chi connectivity index (χ0n) is 27.9. The fourth-order valence-corrected chi connectivity index (χ4v) is 8.18. The highest BCUT2D eigenvalue weighted by Gasteiger charge is 2.18. The lowest BCUT2D eigenvalue weighted by Crippen LogP contribution is -1.95. The van der Waals surface area contributed by atoms with Crippen LogP contribution in [0.3, 0.4) is 0 Å². The molecule has 0 spiro atoms. The molecule has 11 rings (SSSR count). The molecule has 5 heterocycles. The zero-order valence-corrected chi connectivity index (χ0v) is 27.9. The van der Waals surface area contributed by atoms with E-state index in [9.17, 15) is 0 Å². The minimum atomic E-state index is 0.738. The summed E-state index contributed by atoms with van der Waals surface area (Å²) in [5.41, 5.74) is 12.8. The van der Waals surface area contributed by atoms with Gasteiger partial charge in [-0.3, -0.25) is 8.80 Å². The van der Waals surface area contributed by atoms with Crippen LogP contribution in [0.1, 0.15) is 11.1 Å². The topological polar surface area (TPSA) is 56.7 Å². The fourth-order valence-electron chi connectivity index (χ4n) is 8.18. The van der Waals surface area contributed by atoms with Gasteiger partial charge in [0, 0.05) is 27.7 Å². The van der Waals surface area contributed by atoms with Gasteiger partial charge in [-0.1, -0.05) is 48.5 Å². The van der Waals surface area contributed by atoms with Crippen LogP contribution in [0.2, 0.25) is 0 Å². The Bertz CT molecular complexity index is 3240. The molecule has 0 aliphatic heterocycles. The zero-order chi connectivity index (χ0) is 33.8. The number of hydrogen-bond acceptors (Lipinski definition) is 4. The lowest BCUT2D eigenvalue weighted by Gasteiger charge is -2.15. The van der Waals surface area contributed by atoms with Gasteiger partial charge >= 0.3 is 0 Å². The van der Waals surface area contributed by atoms with E-state index in [-0.39, 0.29) is 0 Å². The smallest absolute Gasteiger partial charge is 0.147 e. The number of aromatic nitrogens is 5. The third-order valence-electron chi connectivity index (χ3n) is 10.4. The molecule has 0 saturated heterocycles. The van der Waals surface area contributed by atoms with Crippen LogP contribution in [0.15, 0.2) is 140 Å². The maximum Gasteiger partial charge on any atom is 0.147 e. The summed E-state index contributed by atoms with van der Waals surface area (Å²) in [4.78, 5) is 15.0. The molecule has 0 saturated carbocycles. The first-order valence-electron chi connectivity index (χ1n) is 17.2. The van der Waals surface area contributed by atoms with Crippen LogP contribution in [0.5, 0.6) is 11.5 Å². The van der Waals surface area contributed by atoms with Crippen molar-refractivity contribution >= 4 is 76.8 Å². The third-order valence-corrected chi connectivity index (χ3v) is 10.4. The summed E-state index contributed by atoms with van der Waals surface area (Å²) in [6, 6.07) is 46.7. The maximum absolute atomic E-state index is 6.70. The Morgan fingerprint density at radius 1 is 0.451 bits per heavy atom. The number of ether oxygens (including phenoxy) is 1. The molecule has 0 fully saturated rings. The van der Waals surface area contributed by atoms with Crippen molar-refractivity contribution in [2.45, 2.75) is 13.8 Å². The van der Waals surface area contributed by atoms with Crippen LogP contribution >= 0.6 is 0 Å². The lowest BCUT2D eigenvalue weighted by atomic mass is 9.93. The van der Waals surface area contributed by atoms with E-state index < -0.39 is 0 Å². The molecule has 11 aromatic rings. The molecule has 5 aromatic heterocycles. The Morgan fingerprint density at radius 2 is 1.08 bits per heavy atom. The lowest BCUT2D eigenvalue weighted by molar-refractivity contribution is 0.484. The van der Waals surface area contributed by atoms with Gasteiger partial charge in [0.1, 0.15) is 28.4 Å². The monoisotopic (exact) mass is 655 g/mol. The van der Waals surface area contributed by atoms with Crippen molar-refractivity contribution < 1.29 is 4.74 Å². The van der Waals surface area contributed by atoms with Gasteiger partial charge in [0.2, 0.25) is 0 Å². The molecule has 0 bridgehead atoms. The van der Waals surface area contributed by atoms with Crippen molar-refractivity contribution in [3.8, 4) is 22.6 Å². The van der Waals surface area contributed by atoms with Gasteiger partial charge in [0.05, 0.1) is 27.6 Å². The molecule has 240 valence electrons. The van der Waals surface area contributed by atoms with Crippen molar-refractivity contribution in [3.05, 3.63) is 151 Å². The first-order valence-corrected chi connectivity index (χ1v) is 17.2. The molecule has 0 unspecified atom stereocenters. The van der Waals surface area contributed by atoms with Gasteiger partial charge in [-0.05, 0) is 132 Å². The van der Waals surface area contributed by atoms with E-state index >= 15 is 0 Å². The summed E-state index contributed by atoms with van der Waals surface area (Å²) < 4.78 is 11.1. The SMILES string of the molecule is Cc1cccc(C)c1-c1ccc2c(c1)c1ccc(Oc3ccc4c5cccnc5n5c6ccccc6nc5c4c3)cc1c1nc3ccccc3n21. The molecule has 0 atom stereocenters. The summed E-state index contributed by atoms with van der Waals surface area (Å²) >= 11 is 0. The number of fused-ring (bicyclic) bond motifs is 16. The molecule has 0 radical (unpaired) electrons. The number of para-hydroxylation sites is 4. The Labute approximate surface area is 291 Å². The summed E-state index contributed by atoms with van der Waals surface area (Å²) in [6.07, 6.45) is 1.84. The standard InChI is InChI=1S/C45H29N5O/c1-26-9-7-10-27(2)42(26)28-16-21-39-34(23-28)32-20-18-30(25-36(32)44-47-37-12-3-5-14-40(37)49(39)44)51-29-17-19-31-33-11-8-22-46-43(33)50-41-15-6-4-13-38(41)48-45(50)35(31)24-29/h3-25H,1-2H3. The van der Waals surface area contributed by atoms with Crippen molar-refractivity contribution in [1.29, 1.82) is 0 Å². The minimum Gasteiger partial charge on any atom is -0.457 e. The highest BCUT2D eigenvalue weighted by atomic mass is 16.5. The molecule has 6 nitrogen and oxygen atoms in total. The van der Waals surface area contributed by atoms with E-state index in [0.717, 1.165) is 83.0 Å². The van der Waals surface area contributed by atoms with Gasteiger partial charge in [0.25, 0.3) is 0 Å². The molecule has 51 heavy (non-hydrogen) atoms. The van der Waals surface area contributed by atoms with Gasteiger partial charge in [-0.2, -0.15) is 0 Å². The first-order chi connectivity index (χ1) is 25.1. The van der Waals surface area contributed by atoms with Crippen LogP contribution in [0.4, 0.5) is 0 Å². The number of benzene rings is 6. The van der Waals surface area contributed by atoms with Crippen LogP contribution in [-0.4, -0.2) is 23.8 Å². The molecule has 6 aromatic carbocycles. The Hall–Kier alpha value is -6.79. The Kier molecular flexibility index (Phi) is 5.71. The highest BCUT2D eigenvalue weighted by Crippen LogP contribution is 2.39. The van der Waals surface area contributed by atoms with Crippen LogP contribution < -0.4 is 4.74 Å². The summed E-state index contributed by atoms with van der Waals surface area (Å²) in [5, 5.41) is 6.51. The molecule has 0 aliphatic carbocycles. The molecule has 0 aliphatic rings. The predicted octanol–water partition coefficient (Wildman–Crippen LogP) is 11.4. The minimum absolute atomic E-state index is 0.738. The van der Waals surface area contributed by atoms with Crippen molar-refractivity contribution in [3.63, 3.8) is 0 Å². The largest absolute Gasteiger partial charge is 0.457 e. The van der Waals surface area contributed by atoms with E-state index in [2.05, 4.69) is 120 Å². The first kappa shape index (κ1) is 28.1. The number of nitrogens with zero attached hydrogens (tertiary/aromatic N) is 5. The Morgan fingerprint density at radius 3 is 1.78 bits per heavy atom. The second-order valence-electron chi connectivity index (χ2n) is 13.4. The maximum atomic E-state index is 6.70. The Balaban J connectivity index is 1.13. The van der Waals surface area contributed by atoms with Crippen molar-refractivity contribution in [2.24, 2.45) is 0 Å². The van der Waals surface area contributed by atoms with E-state index in [4.69, 9.17) is 19.7 Å². The number of rotatable bonds is 3. The summed E-state index contributed by atoms with van der Waals surface area (Å²) in [5.74, 6) is 1.48. The normalized spacial score (nSPS) is 12.1. The number of hydrogen-bond donors (Lipinski definition) is 0. The van der Waals surface area contributed by atoms with E-state index in [1.807, 2.05) is 42.6 Å². The van der Waals surface area contributed by atoms with Crippen molar-refractivity contribution in [1.82, 2.24) is 23.8 Å². The van der Waals surface area contributed by atoms with Crippen LogP contribution in [0.25, 0.3) is 88.0 Å². The molecular weight excluding hydrogens is 627 g/mol. The quantitative estimate of drug-likeness (QED) is 0.178. The van der Waals surface area contributed by atoms with Crippen LogP contribution in [0, 0.1) is 13.8 Å². The van der Waals surface area contributed by atoms with E-state index in [1.165, 1.54) is 27.6 Å². The fraction of sp³-hybridized carbons (Fsp3) is 0.0444. The second-order valence-corrected chi connectivity index (χ2v) is 13.4. The number of aryl methyl sites for hydroxylation is 2. The van der Waals surface area contributed by atoms with Crippen molar-refractivity contribution in [2.75, 3.05) is 0 Å². The van der Waals surface area contributed by atoms with Crippen LogP contribution in [-0.2, 0) is 0 Å². The molecule has 0 amide bonds. The molecule has 6 heteroatoms. The number of pyridine rings is 3. The summed E-state index contributed by atoms with van der Waals surface area (Å²) in [7, 11) is 0. The van der Waals surface area contributed by atoms with Gasteiger partial charge in [-0.15, -0.1) is 0 Å². The predicted molar refractivity (Wildman–Crippen MR) is 208 cm³/mol. The van der Waals surface area contributed by atoms with Gasteiger partial charge in [-0.25, -0.2) is 15.0 Å². The third kappa shape index (κ3) is 4.01. The van der Waals surface area contributed by atoms with Gasteiger partial charge < -0.3 is 4.74 Å². The number of imidazole rings is 2. The van der Waals surface area contributed by atoms with E-state index in [1.54, 1.807) is 0 Å². The average Bonchev–Trinajstić information content (AvgIpc) is 3.75. The van der Waals surface area contributed by atoms with E-state index in [0.29, 0.717) is 0 Å².